The zero-order valence-electron chi connectivity index (χ0n) is 11.8. The molecule has 7 heteroatoms. The molecular weight excluding hydrogens is 276 g/mol. The van der Waals surface area contributed by atoms with Gasteiger partial charge in [0.15, 0.2) is 11.3 Å². The van der Waals surface area contributed by atoms with Crippen molar-refractivity contribution in [3.8, 4) is 6.07 Å². The van der Waals surface area contributed by atoms with Gasteiger partial charge in [0.1, 0.15) is 11.7 Å². The third-order valence-electron chi connectivity index (χ3n) is 2.30. The van der Waals surface area contributed by atoms with E-state index in [1.54, 1.807) is 26.8 Å². The van der Waals surface area contributed by atoms with Gasteiger partial charge in [-0.25, -0.2) is 4.79 Å². The summed E-state index contributed by atoms with van der Waals surface area (Å²) < 4.78 is 5.54. The van der Waals surface area contributed by atoms with Crippen LogP contribution in [-0.2, 0) is 9.53 Å². The number of aliphatic carboxylic acids is 1. The first-order valence-electron chi connectivity index (χ1n) is 5.97. The number of nitriles is 1. The Morgan fingerprint density at radius 1 is 1.33 bits per heavy atom. The summed E-state index contributed by atoms with van der Waals surface area (Å²) in [7, 11) is 0. The Kier molecular flexibility index (Phi) is 4.66. The van der Waals surface area contributed by atoms with Gasteiger partial charge in [0, 0.05) is 17.7 Å². The van der Waals surface area contributed by atoms with E-state index >= 15 is 0 Å². The molecule has 0 amide bonds. The summed E-state index contributed by atoms with van der Waals surface area (Å²) in [6.45, 7) is 5.11. The molecule has 0 saturated carbocycles. The molecule has 1 aromatic rings. The fourth-order valence-electron chi connectivity index (χ4n) is 1.49. The zero-order valence-corrected chi connectivity index (χ0v) is 11.8. The van der Waals surface area contributed by atoms with Crippen LogP contribution in [0.5, 0.6) is 0 Å². The van der Waals surface area contributed by atoms with E-state index in [-0.39, 0.29) is 17.0 Å². The number of rotatable bonds is 4. The largest absolute Gasteiger partial charge is 0.486 e. The highest BCUT2D eigenvalue weighted by molar-refractivity contribution is 5.99. The highest BCUT2D eigenvalue weighted by Gasteiger charge is 2.23. The number of carboxylic acids is 1. The van der Waals surface area contributed by atoms with Crippen molar-refractivity contribution in [1.82, 2.24) is 0 Å². The third-order valence-corrected chi connectivity index (χ3v) is 2.30. The normalized spacial score (nSPS) is 12.1. The van der Waals surface area contributed by atoms with Gasteiger partial charge in [0.25, 0.3) is 5.69 Å². The van der Waals surface area contributed by atoms with Crippen LogP contribution < -0.4 is 0 Å². The number of nitrogens with zero attached hydrogens (tertiary/aromatic N) is 2. The molecule has 0 fully saturated rings. The summed E-state index contributed by atoms with van der Waals surface area (Å²) in [6.07, 6.45) is 0. The molecular formula is C14H14N2O5. The average Bonchev–Trinajstić information content (AvgIpc) is 2.36. The van der Waals surface area contributed by atoms with Crippen LogP contribution >= 0.6 is 0 Å². The summed E-state index contributed by atoms with van der Waals surface area (Å²) in [4.78, 5) is 21.2. The molecule has 0 bridgehead atoms. The van der Waals surface area contributed by atoms with E-state index in [0.29, 0.717) is 0 Å². The van der Waals surface area contributed by atoms with Gasteiger partial charge in [0.05, 0.1) is 4.92 Å². The predicted molar refractivity (Wildman–Crippen MR) is 74.1 cm³/mol. The van der Waals surface area contributed by atoms with Gasteiger partial charge in [-0.15, -0.1) is 0 Å². The minimum atomic E-state index is -1.42. The van der Waals surface area contributed by atoms with Crippen molar-refractivity contribution in [3.05, 3.63) is 45.5 Å². The molecule has 0 spiro atoms. The predicted octanol–water partition coefficient (Wildman–Crippen LogP) is 2.73. The van der Waals surface area contributed by atoms with E-state index in [4.69, 9.17) is 15.1 Å². The van der Waals surface area contributed by atoms with Gasteiger partial charge in [-0.1, -0.05) is 0 Å². The number of carboxylic acid groups (broad SMARTS) is 1. The Morgan fingerprint density at radius 2 is 1.86 bits per heavy atom. The minimum absolute atomic E-state index is 0.118. The van der Waals surface area contributed by atoms with Crippen molar-refractivity contribution in [1.29, 1.82) is 5.26 Å². The number of benzene rings is 1. The first kappa shape index (κ1) is 16.2. The summed E-state index contributed by atoms with van der Waals surface area (Å²) >= 11 is 0. The van der Waals surface area contributed by atoms with Gasteiger partial charge in [-0.05, 0) is 32.9 Å². The number of carbonyl (C=O) groups is 1. The van der Waals surface area contributed by atoms with E-state index in [0.717, 1.165) is 0 Å². The first-order chi connectivity index (χ1) is 9.65. The quantitative estimate of drug-likeness (QED) is 0.300. The van der Waals surface area contributed by atoms with Crippen LogP contribution in [0.15, 0.2) is 29.8 Å². The zero-order chi connectivity index (χ0) is 16.2. The Morgan fingerprint density at radius 3 is 2.19 bits per heavy atom. The van der Waals surface area contributed by atoms with Crippen LogP contribution in [0.2, 0.25) is 0 Å². The van der Waals surface area contributed by atoms with Crippen LogP contribution in [0, 0.1) is 21.4 Å². The molecule has 0 aliphatic heterocycles. The van der Waals surface area contributed by atoms with Crippen LogP contribution in [0.1, 0.15) is 26.3 Å². The number of ether oxygens (including phenoxy) is 1. The van der Waals surface area contributed by atoms with E-state index < -0.39 is 22.1 Å². The van der Waals surface area contributed by atoms with Crippen LogP contribution in [-0.4, -0.2) is 21.6 Å². The second kappa shape index (κ2) is 6.05. The lowest BCUT2D eigenvalue weighted by Gasteiger charge is -2.24. The molecule has 0 heterocycles. The Balaban J connectivity index is 3.41. The van der Waals surface area contributed by atoms with E-state index in [1.165, 1.54) is 24.3 Å². The SMILES string of the molecule is CC(C)(C)OC(=C(C#N)C(=O)O)c1ccc([N+](=O)[O-])cc1. The molecule has 0 unspecified atom stereocenters. The molecule has 0 atom stereocenters. The number of hydrogen-bond acceptors (Lipinski definition) is 5. The molecule has 21 heavy (non-hydrogen) atoms. The maximum Gasteiger partial charge on any atom is 0.350 e. The Hall–Kier alpha value is -2.88. The monoisotopic (exact) mass is 290 g/mol. The highest BCUT2D eigenvalue weighted by atomic mass is 16.6. The maximum absolute atomic E-state index is 11.1. The van der Waals surface area contributed by atoms with Crippen LogP contribution in [0.4, 0.5) is 5.69 Å². The van der Waals surface area contributed by atoms with Crippen molar-refractivity contribution in [2.24, 2.45) is 0 Å². The number of non-ortho nitro benzene ring substituents is 1. The molecule has 7 nitrogen and oxygen atoms in total. The number of nitro benzene ring substituents is 1. The fourth-order valence-corrected chi connectivity index (χ4v) is 1.49. The van der Waals surface area contributed by atoms with Crippen molar-refractivity contribution in [2.75, 3.05) is 0 Å². The molecule has 1 N–H and O–H groups in total. The second-order valence-corrected chi connectivity index (χ2v) is 5.14. The summed E-state index contributed by atoms with van der Waals surface area (Å²) in [5, 5.41) is 28.7. The van der Waals surface area contributed by atoms with Crippen LogP contribution in [0.25, 0.3) is 5.76 Å². The summed E-state index contributed by atoms with van der Waals surface area (Å²) in [5.74, 6) is -1.54. The van der Waals surface area contributed by atoms with Crippen molar-refractivity contribution < 1.29 is 19.6 Å². The Bertz CT molecular complexity index is 633. The van der Waals surface area contributed by atoms with Crippen LogP contribution in [0.3, 0.4) is 0 Å². The van der Waals surface area contributed by atoms with Gasteiger partial charge in [-0.2, -0.15) is 5.26 Å². The molecule has 0 aliphatic carbocycles. The van der Waals surface area contributed by atoms with Gasteiger partial charge < -0.3 is 9.84 Å². The smallest absolute Gasteiger partial charge is 0.350 e. The molecule has 1 aromatic carbocycles. The van der Waals surface area contributed by atoms with Gasteiger partial charge in [0.2, 0.25) is 0 Å². The lowest BCUT2D eigenvalue weighted by molar-refractivity contribution is -0.384. The van der Waals surface area contributed by atoms with Gasteiger partial charge >= 0.3 is 5.97 Å². The molecule has 0 radical (unpaired) electrons. The summed E-state index contributed by atoms with van der Waals surface area (Å²) in [6, 6.07) is 6.72. The number of hydrogen-bond donors (Lipinski definition) is 1. The van der Waals surface area contributed by atoms with E-state index in [1.807, 2.05) is 0 Å². The molecule has 1 rings (SSSR count). The van der Waals surface area contributed by atoms with E-state index in [2.05, 4.69) is 0 Å². The standard InChI is InChI=1S/C14H14N2O5/c1-14(2,3)21-12(11(8-15)13(17)18)9-4-6-10(7-5-9)16(19)20/h4-7H,1-3H3,(H,17,18). The molecule has 0 aromatic heterocycles. The average molecular weight is 290 g/mol. The van der Waals surface area contributed by atoms with Crippen molar-refractivity contribution >= 4 is 17.4 Å². The topological polar surface area (TPSA) is 113 Å². The second-order valence-electron chi connectivity index (χ2n) is 5.14. The fraction of sp³-hybridized carbons (Fsp3) is 0.286. The lowest BCUT2D eigenvalue weighted by Crippen LogP contribution is -2.20. The molecule has 0 saturated heterocycles. The third kappa shape index (κ3) is 4.31. The van der Waals surface area contributed by atoms with Crippen molar-refractivity contribution in [3.63, 3.8) is 0 Å². The summed E-state index contributed by atoms with van der Waals surface area (Å²) in [5.41, 5.74) is -1.13. The lowest BCUT2D eigenvalue weighted by atomic mass is 10.1. The maximum atomic E-state index is 11.1. The number of nitro groups is 1. The minimum Gasteiger partial charge on any atom is -0.486 e. The Labute approximate surface area is 121 Å². The first-order valence-corrected chi connectivity index (χ1v) is 5.97. The highest BCUT2D eigenvalue weighted by Crippen LogP contribution is 2.27. The van der Waals surface area contributed by atoms with Crippen molar-refractivity contribution in [2.45, 2.75) is 26.4 Å². The van der Waals surface area contributed by atoms with Gasteiger partial charge in [-0.3, -0.25) is 10.1 Å². The van der Waals surface area contributed by atoms with E-state index in [9.17, 15) is 14.9 Å². The molecule has 110 valence electrons. The molecule has 0 aliphatic rings.